The van der Waals surface area contributed by atoms with E-state index in [0.717, 1.165) is 38.8 Å². The minimum absolute atomic E-state index is 0.00170. The zero-order chi connectivity index (χ0) is 20.4. The average molecular weight is 420 g/mol. The summed E-state index contributed by atoms with van der Waals surface area (Å²) in [6.45, 7) is 6.79. The Morgan fingerprint density at radius 3 is 2.59 bits per heavy atom. The second kappa shape index (κ2) is 7.34. The van der Waals surface area contributed by atoms with E-state index in [0.29, 0.717) is 40.3 Å². The maximum absolute atomic E-state index is 13.7. The zero-order valence-electron chi connectivity index (χ0n) is 18.0. The van der Waals surface area contributed by atoms with E-state index in [4.69, 9.17) is 0 Å². The van der Waals surface area contributed by atoms with E-state index in [1.54, 1.807) is 0 Å². The van der Waals surface area contributed by atoms with Gasteiger partial charge in [0, 0.05) is 40.7 Å². The molecule has 1 aliphatic heterocycles. The van der Waals surface area contributed by atoms with Crippen LogP contribution in [-0.2, 0) is 9.59 Å². The van der Waals surface area contributed by atoms with Gasteiger partial charge in [-0.2, -0.15) is 11.8 Å². The molecular weight excluding hydrogens is 382 g/mol. The fourth-order valence-corrected chi connectivity index (χ4v) is 9.85. The second-order valence-corrected chi connectivity index (χ2v) is 12.7. The van der Waals surface area contributed by atoms with Crippen molar-refractivity contribution in [2.45, 2.75) is 75.7 Å². The van der Waals surface area contributed by atoms with Crippen molar-refractivity contribution in [2.75, 3.05) is 19.7 Å². The number of Topliss-reactive ketones (excluding diaryl/α,β-unsaturated/α-hetero) is 2. The third kappa shape index (κ3) is 3.01. The van der Waals surface area contributed by atoms with E-state index in [1.165, 1.54) is 19.3 Å². The first-order valence-corrected chi connectivity index (χ1v) is 12.9. The van der Waals surface area contributed by atoms with Crippen LogP contribution in [0.25, 0.3) is 0 Å². The molecule has 2 N–H and O–H groups in total. The summed E-state index contributed by atoms with van der Waals surface area (Å²) in [4.78, 5) is 26.4. The summed E-state index contributed by atoms with van der Waals surface area (Å²) in [6, 6.07) is 0. The van der Waals surface area contributed by atoms with Crippen LogP contribution in [0.5, 0.6) is 0 Å². The molecule has 5 rings (SSSR count). The molecule has 5 fully saturated rings. The molecule has 0 aromatic heterocycles. The maximum Gasteiger partial charge on any atom is 0.142 e. The van der Waals surface area contributed by atoms with Gasteiger partial charge in [0.15, 0.2) is 0 Å². The Kier molecular flexibility index (Phi) is 5.19. The van der Waals surface area contributed by atoms with Gasteiger partial charge < -0.3 is 10.4 Å². The first-order chi connectivity index (χ1) is 13.9. The van der Waals surface area contributed by atoms with Gasteiger partial charge in [0.1, 0.15) is 11.6 Å². The Balaban J connectivity index is 1.42. The molecule has 9 atom stereocenters. The van der Waals surface area contributed by atoms with Crippen LogP contribution in [0, 0.1) is 40.4 Å². The third-order valence-corrected chi connectivity index (χ3v) is 11.6. The fraction of sp³-hybridized carbons (Fsp3) is 0.917. The van der Waals surface area contributed by atoms with Gasteiger partial charge in [-0.25, -0.2) is 0 Å². The molecule has 5 heteroatoms. The molecule has 5 aliphatic rings. The summed E-state index contributed by atoms with van der Waals surface area (Å²) < 4.78 is 0. The number of hydrogen-bond donors (Lipinski definition) is 2. The van der Waals surface area contributed by atoms with Gasteiger partial charge in [-0.15, -0.1) is 0 Å². The van der Waals surface area contributed by atoms with Crippen LogP contribution in [0.3, 0.4) is 0 Å². The molecule has 0 aromatic carbocycles. The molecule has 0 bridgehead atoms. The Labute approximate surface area is 179 Å². The highest BCUT2D eigenvalue weighted by molar-refractivity contribution is 8.00. The van der Waals surface area contributed by atoms with Crippen LogP contribution >= 0.6 is 11.8 Å². The molecule has 162 valence electrons. The van der Waals surface area contributed by atoms with Crippen molar-refractivity contribution in [3.05, 3.63) is 0 Å². The Hall–Kier alpha value is -0.390. The van der Waals surface area contributed by atoms with Crippen LogP contribution in [0.4, 0.5) is 0 Å². The number of carbonyl (C=O) groups excluding carboxylic acids is 2. The Morgan fingerprint density at radius 1 is 1.03 bits per heavy atom. The first kappa shape index (κ1) is 20.5. The molecule has 0 spiro atoms. The fourth-order valence-electron chi connectivity index (χ4n) is 8.26. The van der Waals surface area contributed by atoms with Gasteiger partial charge in [0.25, 0.3) is 0 Å². The minimum atomic E-state index is -0.289. The lowest BCUT2D eigenvalue weighted by Crippen LogP contribution is -2.61. The van der Waals surface area contributed by atoms with Gasteiger partial charge in [0.2, 0.25) is 0 Å². The largest absolute Gasteiger partial charge is 0.396 e. The predicted molar refractivity (Wildman–Crippen MR) is 116 cm³/mol. The van der Waals surface area contributed by atoms with Crippen molar-refractivity contribution in [2.24, 2.45) is 40.4 Å². The molecule has 0 radical (unpaired) electrons. The smallest absolute Gasteiger partial charge is 0.142 e. The number of rotatable bonds is 3. The first-order valence-electron chi connectivity index (χ1n) is 11.9. The number of nitrogens with one attached hydrogen (secondary N) is 1. The van der Waals surface area contributed by atoms with Crippen molar-refractivity contribution >= 4 is 23.3 Å². The summed E-state index contributed by atoms with van der Waals surface area (Å²) >= 11 is 2.14. The van der Waals surface area contributed by atoms with Crippen LogP contribution < -0.4 is 5.32 Å². The van der Waals surface area contributed by atoms with E-state index in [-0.39, 0.29) is 35.2 Å². The monoisotopic (exact) mass is 419 g/mol. The van der Waals surface area contributed by atoms with Crippen molar-refractivity contribution in [1.29, 1.82) is 0 Å². The van der Waals surface area contributed by atoms with Gasteiger partial charge in [-0.1, -0.05) is 13.8 Å². The topological polar surface area (TPSA) is 66.4 Å². The average Bonchev–Trinajstić information content (AvgIpc) is 3.31. The summed E-state index contributed by atoms with van der Waals surface area (Å²) in [5.74, 6) is 1.40. The van der Waals surface area contributed by atoms with Crippen molar-refractivity contribution in [3.8, 4) is 0 Å². The summed E-state index contributed by atoms with van der Waals surface area (Å²) in [7, 11) is 0. The maximum atomic E-state index is 13.7. The molecule has 4 nitrogen and oxygen atoms in total. The predicted octanol–water partition coefficient (Wildman–Crippen LogP) is 3.46. The van der Waals surface area contributed by atoms with Crippen molar-refractivity contribution < 1.29 is 14.7 Å². The van der Waals surface area contributed by atoms with Crippen LogP contribution in [-0.4, -0.2) is 46.9 Å². The summed E-state index contributed by atoms with van der Waals surface area (Å²) in [5, 5.41) is 15.1. The Morgan fingerprint density at radius 2 is 1.86 bits per heavy atom. The number of aliphatic hydroxyl groups excluding tert-OH is 1. The van der Waals surface area contributed by atoms with E-state index in [2.05, 4.69) is 30.9 Å². The van der Waals surface area contributed by atoms with Gasteiger partial charge in [-0.3, -0.25) is 9.59 Å². The highest BCUT2D eigenvalue weighted by Gasteiger charge is 2.65. The molecular formula is C24H37NO3S. The van der Waals surface area contributed by atoms with E-state index in [1.807, 2.05) is 0 Å². The second-order valence-electron chi connectivity index (χ2n) is 11.1. The number of thioether (sulfide) groups is 1. The van der Waals surface area contributed by atoms with E-state index < -0.39 is 0 Å². The summed E-state index contributed by atoms with van der Waals surface area (Å²) in [5.41, 5.74) is -0.146. The normalized spacial score (nSPS) is 52.2. The molecule has 1 saturated heterocycles. The molecule has 0 amide bonds. The highest BCUT2D eigenvalue weighted by Crippen LogP contribution is 2.66. The third-order valence-electron chi connectivity index (χ3n) is 9.97. The quantitative estimate of drug-likeness (QED) is 0.733. The summed E-state index contributed by atoms with van der Waals surface area (Å²) in [6.07, 6.45) is 8.27. The Bertz CT molecular complexity index is 692. The number of fused-ring (bicyclic) bond motifs is 5. The SMILES string of the molecule is C[C@]12CCC(S[C@@H]3CCNC3)CC1C(CO)C(=O)[C@@H]1[C@H]2CC[C@]2(C)C(=O)CC[C@@H]12. The van der Waals surface area contributed by atoms with Crippen LogP contribution in [0.1, 0.15) is 65.2 Å². The molecule has 3 unspecified atom stereocenters. The highest BCUT2D eigenvalue weighted by atomic mass is 32.2. The minimum Gasteiger partial charge on any atom is -0.396 e. The molecule has 1 heterocycles. The van der Waals surface area contributed by atoms with Crippen LogP contribution in [0.15, 0.2) is 0 Å². The number of ketones is 2. The lowest BCUT2D eigenvalue weighted by Gasteiger charge is -2.61. The standard InChI is InChI=1S/C24H37NO3S/c1-23-8-5-14(29-15-7-10-25-12-15)11-19(23)16(13-26)22(28)21-17-3-4-20(27)24(17,2)9-6-18(21)23/h14-19,21,25-26H,3-13H2,1-2H3/t14?,15-,16?,17+,18-,19?,21+,23-,24+/m1/s1. The molecule has 4 saturated carbocycles. The molecule has 0 aromatic rings. The molecule has 29 heavy (non-hydrogen) atoms. The van der Waals surface area contributed by atoms with Crippen LogP contribution in [0.2, 0.25) is 0 Å². The van der Waals surface area contributed by atoms with Gasteiger partial charge in [0.05, 0.1) is 6.61 Å². The van der Waals surface area contributed by atoms with Crippen molar-refractivity contribution in [1.82, 2.24) is 5.32 Å². The van der Waals surface area contributed by atoms with E-state index >= 15 is 0 Å². The van der Waals surface area contributed by atoms with E-state index in [9.17, 15) is 14.7 Å². The zero-order valence-corrected chi connectivity index (χ0v) is 18.8. The number of aliphatic hydroxyl groups is 1. The number of hydrogen-bond acceptors (Lipinski definition) is 5. The molecule has 4 aliphatic carbocycles. The van der Waals surface area contributed by atoms with Gasteiger partial charge in [-0.05, 0) is 74.7 Å². The lowest BCUT2D eigenvalue weighted by atomic mass is 9.43. The van der Waals surface area contributed by atoms with Gasteiger partial charge >= 0.3 is 0 Å². The lowest BCUT2D eigenvalue weighted by molar-refractivity contribution is -0.169. The van der Waals surface area contributed by atoms with Crippen molar-refractivity contribution in [3.63, 3.8) is 0 Å². The number of carbonyl (C=O) groups is 2.